The number of hydrogen-bond donors (Lipinski definition) is 2. The molecule has 3 rings (SSSR count). The summed E-state index contributed by atoms with van der Waals surface area (Å²) >= 11 is 1.58. The van der Waals surface area contributed by atoms with Crippen molar-refractivity contribution in [3.05, 3.63) is 45.3 Å². The van der Waals surface area contributed by atoms with Crippen molar-refractivity contribution >= 4 is 27.9 Å². The predicted molar refractivity (Wildman–Crippen MR) is 108 cm³/mol. The SMILES string of the molecule is Cc1cccc(N[C@@H](C)C(=O)Nc2sc3c(c2C#N)CCCCC3)c1C. The molecule has 0 unspecified atom stereocenters. The third kappa shape index (κ3) is 3.76. The molecule has 0 fully saturated rings. The molecule has 1 aromatic heterocycles. The number of carbonyl (C=O) groups excluding carboxylic acids is 1. The maximum absolute atomic E-state index is 12.7. The molecule has 0 saturated heterocycles. The Morgan fingerprint density at radius 2 is 2.00 bits per heavy atom. The molecule has 0 bridgehead atoms. The van der Waals surface area contributed by atoms with Crippen molar-refractivity contribution in [2.45, 2.75) is 58.9 Å². The van der Waals surface area contributed by atoms with Crippen LogP contribution < -0.4 is 10.6 Å². The van der Waals surface area contributed by atoms with Crippen LogP contribution in [0, 0.1) is 25.2 Å². The van der Waals surface area contributed by atoms with E-state index in [4.69, 9.17) is 0 Å². The number of carbonyl (C=O) groups is 1. The minimum absolute atomic E-state index is 0.112. The predicted octanol–water partition coefficient (Wildman–Crippen LogP) is 4.94. The zero-order valence-corrected chi connectivity index (χ0v) is 16.4. The van der Waals surface area contributed by atoms with E-state index in [0.29, 0.717) is 10.6 Å². The van der Waals surface area contributed by atoms with Crippen LogP contribution in [0.4, 0.5) is 10.7 Å². The third-order valence-electron chi connectivity index (χ3n) is 5.14. The van der Waals surface area contributed by atoms with Crippen molar-refractivity contribution in [3.63, 3.8) is 0 Å². The highest BCUT2D eigenvalue weighted by Crippen LogP contribution is 2.37. The van der Waals surface area contributed by atoms with Crippen molar-refractivity contribution in [3.8, 4) is 6.07 Å². The summed E-state index contributed by atoms with van der Waals surface area (Å²) in [6, 6.07) is 7.96. The van der Waals surface area contributed by atoms with Gasteiger partial charge in [0.05, 0.1) is 5.56 Å². The van der Waals surface area contributed by atoms with Gasteiger partial charge in [-0.2, -0.15) is 5.26 Å². The largest absolute Gasteiger partial charge is 0.374 e. The van der Waals surface area contributed by atoms with E-state index in [2.05, 4.69) is 29.7 Å². The Balaban J connectivity index is 1.75. The minimum atomic E-state index is -0.385. The van der Waals surface area contributed by atoms with Crippen molar-refractivity contribution in [2.24, 2.45) is 0 Å². The fourth-order valence-corrected chi connectivity index (χ4v) is 4.62. The topological polar surface area (TPSA) is 64.9 Å². The summed E-state index contributed by atoms with van der Waals surface area (Å²) < 4.78 is 0. The number of nitriles is 1. The van der Waals surface area contributed by atoms with E-state index in [1.165, 1.54) is 16.9 Å². The first kappa shape index (κ1) is 18.5. The lowest BCUT2D eigenvalue weighted by molar-refractivity contribution is -0.116. The lowest BCUT2D eigenvalue weighted by Gasteiger charge is -2.17. The second-order valence-electron chi connectivity index (χ2n) is 6.98. The zero-order chi connectivity index (χ0) is 18.7. The quantitative estimate of drug-likeness (QED) is 0.752. The van der Waals surface area contributed by atoms with Gasteiger partial charge in [-0.15, -0.1) is 11.3 Å². The molecule has 2 N–H and O–H groups in total. The van der Waals surface area contributed by atoms with Gasteiger partial charge in [0.15, 0.2) is 0 Å². The lowest BCUT2D eigenvalue weighted by Crippen LogP contribution is -2.32. The Bertz CT molecular complexity index is 863. The number of benzene rings is 1. The van der Waals surface area contributed by atoms with E-state index in [1.54, 1.807) is 11.3 Å². The summed E-state index contributed by atoms with van der Waals surface area (Å²) in [6.07, 6.45) is 5.46. The number of thiophene rings is 1. The number of anilines is 2. The van der Waals surface area contributed by atoms with E-state index in [1.807, 2.05) is 26.0 Å². The number of amides is 1. The van der Waals surface area contributed by atoms with Crippen LogP contribution in [0.1, 0.15) is 53.3 Å². The molecule has 4 nitrogen and oxygen atoms in total. The fourth-order valence-electron chi connectivity index (χ4n) is 3.38. The number of rotatable bonds is 4. The van der Waals surface area contributed by atoms with Crippen LogP contribution in [0.5, 0.6) is 0 Å². The highest BCUT2D eigenvalue weighted by atomic mass is 32.1. The summed E-state index contributed by atoms with van der Waals surface area (Å²) in [7, 11) is 0. The fraction of sp³-hybridized carbons (Fsp3) is 0.429. The molecule has 1 atom stereocenters. The van der Waals surface area contributed by atoms with E-state index in [0.717, 1.165) is 42.5 Å². The first-order valence-corrected chi connectivity index (χ1v) is 10.0. The highest BCUT2D eigenvalue weighted by Gasteiger charge is 2.22. The molecule has 1 aliphatic rings. The van der Waals surface area contributed by atoms with Crippen molar-refractivity contribution in [2.75, 3.05) is 10.6 Å². The van der Waals surface area contributed by atoms with Gasteiger partial charge in [0, 0.05) is 10.6 Å². The number of fused-ring (bicyclic) bond motifs is 1. The van der Waals surface area contributed by atoms with Crippen molar-refractivity contribution in [1.29, 1.82) is 5.26 Å². The number of nitrogens with one attached hydrogen (secondary N) is 2. The van der Waals surface area contributed by atoms with Crippen LogP contribution >= 0.6 is 11.3 Å². The molecule has 1 amide bonds. The van der Waals surface area contributed by atoms with E-state index in [-0.39, 0.29) is 11.9 Å². The average molecular weight is 368 g/mol. The summed E-state index contributed by atoms with van der Waals surface area (Å²) in [5.41, 5.74) is 5.12. The van der Waals surface area contributed by atoms with Gasteiger partial charge >= 0.3 is 0 Å². The number of aryl methyl sites for hydroxylation is 2. The number of nitrogens with zero attached hydrogens (tertiary/aromatic N) is 1. The van der Waals surface area contributed by atoms with Gasteiger partial charge in [0.2, 0.25) is 5.91 Å². The van der Waals surface area contributed by atoms with Crippen LogP contribution in [0.15, 0.2) is 18.2 Å². The zero-order valence-electron chi connectivity index (χ0n) is 15.6. The molecular formula is C21H25N3OS. The molecule has 2 aromatic rings. The minimum Gasteiger partial charge on any atom is -0.374 e. The Morgan fingerprint density at radius 1 is 1.23 bits per heavy atom. The maximum atomic E-state index is 12.7. The summed E-state index contributed by atoms with van der Waals surface area (Å²) in [4.78, 5) is 14.0. The van der Waals surface area contributed by atoms with Crippen molar-refractivity contribution < 1.29 is 4.79 Å². The maximum Gasteiger partial charge on any atom is 0.247 e. The van der Waals surface area contributed by atoms with E-state index < -0.39 is 0 Å². The summed E-state index contributed by atoms with van der Waals surface area (Å²) in [6.45, 7) is 5.96. The van der Waals surface area contributed by atoms with Crippen molar-refractivity contribution in [1.82, 2.24) is 0 Å². The molecular weight excluding hydrogens is 342 g/mol. The summed E-state index contributed by atoms with van der Waals surface area (Å²) in [5, 5.41) is 16.6. The lowest BCUT2D eigenvalue weighted by atomic mass is 10.1. The molecule has 1 aliphatic carbocycles. The van der Waals surface area contributed by atoms with Crippen LogP contribution in [0.3, 0.4) is 0 Å². The first-order chi connectivity index (χ1) is 12.5. The monoisotopic (exact) mass is 367 g/mol. The smallest absolute Gasteiger partial charge is 0.247 e. The van der Waals surface area contributed by atoms with Gasteiger partial charge in [-0.1, -0.05) is 18.6 Å². The summed E-state index contributed by atoms with van der Waals surface area (Å²) in [5.74, 6) is -0.112. The molecule has 0 saturated carbocycles. The second kappa shape index (κ2) is 7.92. The Labute approximate surface area is 159 Å². The standard InChI is InChI=1S/C21H25N3OS/c1-13-8-7-10-18(14(13)2)23-15(3)20(25)24-21-17(12-22)16-9-5-4-6-11-19(16)26-21/h7-8,10,15,23H,4-6,9,11H2,1-3H3,(H,24,25)/t15-/m0/s1. The Kier molecular flexibility index (Phi) is 5.63. The Hall–Kier alpha value is -2.32. The van der Waals surface area contributed by atoms with Crippen LogP contribution in [0.25, 0.3) is 0 Å². The first-order valence-electron chi connectivity index (χ1n) is 9.19. The van der Waals surface area contributed by atoms with Gasteiger partial charge in [0.1, 0.15) is 17.1 Å². The number of hydrogen-bond acceptors (Lipinski definition) is 4. The van der Waals surface area contributed by atoms with Gasteiger partial charge in [-0.25, -0.2) is 0 Å². The van der Waals surface area contributed by atoms with Gasteiger partial charge in [-0.05, 0) is 69.2 Å². The Morgan fingerprint density at radius 3 is 2.77 bits per heavy atom. The molecule has 1 aromatic carbocycles. The highest BCUT2D eigenvalue weighted by molar-refractivity contribution is 7.16. The molecule has 26 heavy (non-hydrogen) atoms. The molecule has 1 heterocycles. The molecule has 0 radical (unpaired) electrons. The van der Waals surface area contributed by atoms with Crippen LogP contribution in [0.2, 0.25) is 0 Å². The van der Waals surface area contributed by atoms with E-state index in [9.17, 15) is 10.1 Å². The molecule has 5 heteroatoms. The second-order valence-corrected chi connectivity index (χ2v) is 8.09. The van der Waals surface area contributed by atoms with E-state index >= 15 is 0 Å². The molecule has 136 valence electrons. The molecule has 0 aliphatic heterocycles. The van der Waals surface area contributed by atoms with Gasteiger partial charge < -0.3 is 10.6 Å². The third-order valence-corrected chi connectivity index (χ3v) is 6.35. The average Bonchev–Trinajstić information content (AvgIpc) is 2.78. The van der Waals surface area contributed by atoms with Crippen LogP contribution in [-0.4, -0.2) is 11.9 Å². The van der Waals surface area contributed by atoms with Crippen LogP contribution in [-0.2, 0) is 17.6 Å². The molecule has 0 spiro atoms. The van der Waals surface area contributed by atoms with Gasteiger partial charge in [0.25, 0.3) is 0 Å². The normalized spacial score (nSPS) is 14.7. The van der Waals surface area contributed by atoms with Gasteiger partial charge in [-0.3, -0.25) is 4.79 Å².